The highest BCUT2D eigenvalue weighted by atomic mass is 16.6. The second-order valence-corrected chi connectivity index (χ2v) is 9.32. The number of ether oxygens (including phenoxy) is 2. The zero-order valence-corrected chi connectivity index (χ0v) is 23.2. The van der Waals surface area contributed by atoms with Crippen molar-refractivity contribution in [1.82, 2.24) is 5.32 Å². The van der Waals surface area contributed by atoms with Crippen molar-refractivity contribution < 1.29 is 68.8 Å². The molecule has 0 radical (unpaired) electrons. The fourth-order valence-corrected chi connectivity index (χ4v) is 3.79. The Balaban J connectivity index is 1.98. The van der Waals surface area contributed by atoms with Crippen molar-refractivity contribution >= 4 is 72.7 Å². The normalized spacial score (nSPS) is 11.1. The SMILES string of the molecule is O=C(N[C@@H](COC(=O)c1cc(B(O)O)cc([N+](=O)[O-])c1)C(=O)Oc1cc(B(O)O)cc([N+](=O)[O-])c1)c1cc(B(O)O)cc([N+](=O)[O-])c1. The number of rotatable bonds is 13. The Bertz CT molecular complexity index is 1750. The van der Waals surface area contributed by atoms with Crippen LogP contribution in [0.25, 0.3) is 0 Å². The van der Waals surface area contributed by atoms with Gasteiger partial charge in [0.25, 0.3) is 23.0 Å². The first-order valence-electron chi connectivity index (χ1n) is 12.6. The van der Waals surface area contributed by atoms with Crippen LogP contribution in [0, 0.1) is 30.3 Å². The quantitative estimate of drug-likeness (QED) is 0.0303. The average Bonchev–Trinajstić information content (AvgIpc) is 3.01. The number of carbonyl (C=O) groups is 3. The molecule has 0 aromatic heterocycles. The molecule has 0 spiro atoms. The van der Waals surface area contributed by atoms with E-state index < -0.39 is 117 Å². The van der Waals surface area contributed by atoms with E-state index in [-0.39, 0.29) is 0 Å². The first-order chi connectivity index (χ1) is 22.0. The molecular weight excluding hydrogens is 637 g/mol. The van der Waals surface area contributed by atoms with Gasteiger partial charge in [0, 0.05) is 35.9 Å². The zero-order valence-electron chi connectivity index (χ0n) is 23.2. The second kappa shape index (κ2) is 15.0. The van der Waals surface area contributed by atoms with E-state index in [9.17, 15) is 74.9 Å². The van der Waals surface area contributed by atoms with Gasteiger partial charge in [0.2, 0.25) is 0 Å². The molecule has 21 nitrogen and oxygen atoms in total. The summed E-state index contributed by atoms with van der Waals surface area (Å²) in [4.78, 5) is 69.9. The smallest absolute Gasteiger partial charge is 0.459 e. The van der Waals surface area contributed by atoms with E-state index in [1.165, 1.54) is 0 Å². The van der Waals surface area contributed by atoms with Gasteiger partial charge in [-0.3, -0.25) is 35.1 Å². The molecule has 0 fully saturated rings. The second-order valence-electron chi connectivity index (χ2n) is 9.32. The van der Waals surface area contributed by atoms with E-state index in [1.54, 1.807) is 0 Å². The Hall–Kier alpha value is -5.78. The summed E-state index contributed by atoms with van der Waals surface area (Å²) in [6, 6.07) is 4.66. The van der Waals surface area contributed by atoms with Crippen LogP contribution in [0.4, 0.5) is 17.1 Å². The van der Waals surface area contributed by atoms with Crippen LogP contribution < -0.4 is 26.4 Å². The topological polar surface area (TPSA) is 332 Å². The van der Waals surface area contributed by atoms with E-state index in [0.717, 1.165) is 36.4 Å². The van der Waals surface area contributed by atoms with Gasteiger partial charge in [-0.05, 0) is 34.6 Å². The minimum atomic E-state index is -2.27. The summed E-state index contributed by atoms with van der Waals surface area (Å²) < 4.78 is 10.0. The van der Waals surface area contributed by atoms with Crippen molar-refractivity contribution in [2.75, 3.05) is 6.61 Å². The molecule has 0 aliphatic heterocycles. The van der Waals surface area contributed by atoms with Crippen molar-refractivity contribution in [3.05, 3.63) is 96.1 Å². The third-order valence-electron chi connectivity index (χ3n) is 6.01. The Morgan fingerprint density at radius 1 is 0.660 bits per heavy atom. The van der Waals surface area contributed by atoms with Gasteiger partial charge in [-0.15, -0.1) is 0 Å². The lowest BCUT2D eigenvalue weighted by Gasteiger charge is -2.18. The van der Waals surface area contributed by atoms with E-state index in [0.29, 0.717) is 18.2 Å². The molecule has 0 heterocycles. The maximum atomic E-state index is 13.2. The number of benzene rings is 3. The highest BCUT2D eigenvalue weighted by Crippen LogP contribution is 2.20. The van der Waals surface area contributed by atoms with Crippen molar-refractivity contribution in [3.8, 4) is 5.75 Å². The fraction of sp³-hybridized carbons (Fsp3) is 0.0870. The minimum Gasteiger partial charge on any atom is -0.459 e. The predicted octanol–water partition coefficient (Wildman–Crippen LogP) is -3.99. The standard InChI is InChI=1S/C23H19B3N4O17/c31-21(11-1-13(24(34)35)5-16(3-11)28(40)41)27-20(23(33)47-19-8-15(26(38)39)7-18(9-19)30(44)45)10-46-22(32)12-2-14(25(36)37)6-17(4-12)29(42)43/h1-9,20,34-39H,10H2,(H,27,31)/t20-/m0/s1. The maximum Gasteiger partial charge on any atom is 0.488 e. The zero-order chi connectivity index (χ0) is 35.2. The number of esters is 2. The molecular formula is C23H19B3N4O17. The Morgan fingerprint density at radius 2 is 1.09 bits per heavy atom. The predicted molar refractivity (Wildman–Crippen MR) is 156 cm³/mol. The van der Waals surface area contributed by atoms with Crippen LogP contribution in [0.3, 0.4) is 0 Å². The number of nitro groups is 3. The van der Waals surface area contributed by atoms with Crippen molar-refractivity contribution in [1.29, 1.82) is 0 Å². The Kier molecular flexibility index (Phi) is 11.4. The Labute approximate surface area is 261 Å². The lowest BCUT2D eigenvalue weighted by molar-refractivity contribution is -0.385. The summed E-state index contributed by atoms with van der Waals surface area (Å²) in [7, 11) is -6.78. The number of nitrogens with zero attached hydrogens (tertiary/aromatic N) is 3. The highest BCUT2D eigenvalue weighted by Gasteiger charge is 2.30. The van der Waals surface area contributed by atoms with Gasteiger partial charge < -0.3 is 44.9 Å². The van der Waals surface area contributed by atoms with Gasteiger partial charge in [-0.2, -0.15) is 0 Å². The monoisotopic (exact) mass is 656 g/mol. The van der Waals surface area contributed by atoms with E-state index in [4.69, 9.17) is 9.47 Å². The number of hydrogen-bond donors (Lipinski definition) is 7. The number of nitro benzene ring substituents is 3. The summed E-state index contributed by atoms with van der Waals surface area (Å²) in [6.45, 7) is -1.14. The molecule has 7 N–H and O–H groups in total. The highest BCUT2D eigenvalue weighted by molar-refractivity contribution is 6.59. The van der Waals surface area contributed by atoms with Crippen LogP contribution in [0.2, 0.25) is 0 Å². The molecule has 0 bridgehead atoms. The van der Waals surface area contributed by atoms with E-state index >= 15 is 0 Å². The number of hydrogen-bond acceptors (Lipinski definition) is 17. The molecule has 3 aromatic rings. The summed E-state index contributed by atoms with van der Waals surface area (Å²) in [5.74, 6) is -4.87. The van der Waals surface area contributed by atoms with Gasteiger partial charge in [0.1, 0.15) is 12.4 Å². The molecule has 3 rings (SSSR count). The van der Waals surface area contributed by atoms with Crippen molar-refractivity contribution in [3.63, 3.8) is 0 Å². The number of non-ortho nitro benzene ring substituents is 3. The third-order valence-corrected chi connectivity index (χ3v) is 6.01. The largest absolute Gasteiger partial charge is 0.488 e. The molecule has 0 aliphatic rings. The van der Waals surface area contributed by atoms with Gasteiger partial charge in [0.15, 0.2) is 6.04 Å². The van der Waals surface area contributed by atoms with Crippen molar-refractivity contribution in [2.24, 2.45) is 0 Å². The number of carbonyl (C=O) groups excluding carboxylic acids is 3. The van der Waals surface area contributed by atoms with E-state index in [2.05, 4.69) is 0 Å². The third kappa shape index (κ3) is 9.36. The lowest BCUT2D eigenvalue weighted by Crippen LogP contribution is -2.47. The average molecular weight is 656 g/mol. The van der Waals surface area contributed by atoms with Crippen LogP contribution >= 0.6 is 0 Å². The molecule has 3 aromatic carbocycles. The summed E-state index contributed by atoms with van der Waals surface area (Å²) >= 11 is 0. The molecule has 1 atom stereocenters. The molecule has 0 unspecified atom stereocenters. The molecule has 47 heavy (non-hydrogen) atoms. The van der Waals surface area contributed by atoms with Gasteiger partial charge in [-0.25, -0.2) is 9.59 Å². The van der Waals surface area contributed by atoms with E-state index in [1.807, 2.05) is 5.32 Å². The van der Waals surface area contributed by atoms with Crippen LogP contribution in [-0.4, -0.2) is 96.8 Å². The van der Waals surface area contributed by atoms with Crippen molar-refractivity contribution in [2.45, 2.75) is 6.04 Å². The molecule has 1 amide bonds. The molecule has 24 heteroatoms. The number of nitrogens with one attached hydrogen (secondary N) is 1. The number of amides is 1. The maximum absolute atomic E-state index is 13.2. The summed E-state index contributed by atoms with van der Waals surface area (Å²) in [5, 5.41) is 92.5. The summed E-state index contributed by atoms with van der Waals surface area (Å²) in [6.07, 6.45) is 0. The molecule has 242 valence electrons. The van der Waals surface area contributed by atoms with Crippen LogP contribution in [0.1, 0.15) is 20.7 Å². The lowest BCUT2D eigenvalue weighted by atomic mass is 9.79. The molecule has 0 saturated heterocycles. The Morgan fingerprint density at radius 3 is 1.55 bits per heavy atom. The fourth-order valence-electron chi connectivity index (χ4n) is 3.79. The first-order valence-corrected chi connectivity index (χ1v) is 12.6. The summed E-state index contributed by atoms with van der Waals surface area (Å²) in [5.41, 5.74) is -4.99. The van der Waals surface area contributed by atoms with Gasteiger partial charge in [-0.1, -0.05) is 0 Å². The van der Waals surface area contributed by atoms with Crippen LogP contribution in [0.15, 0.2) is 54.6 Å². The first kappa shape index (κ1) is 35.7. The molecule has 0 aliphatic carbocycles. The van der Waals surface area contributed by atoms with Gasteiger partial charge >= 0.3 is 33.3 Å². The molecule has 0 saturated carbocycles. The van der Waals surface area contributed by atoms with Crippen LogP contribution in [-0.2, 0) is 9.53 Å². The van der Waals surface area contributed by atoms with Gasteiger partial charge in [0.05, 0.1) is 26.4 Å². The minimum absolute atomic E-state index is 0.490. The van der Waals surface area contributed by atoms with Crippen LogP contribution in [0.5, 0.6) is 5.75 Å².